The number of hydrogen-bond acceptors (Lipinski definition) is 3. The second-order valence-electron chi connectivity index (χ2n) is 5.43. The van der Waals surface area contributed by atoms with Crippen LogP contribution in [0.3, 0.4) is 0 Å². The van der Waals surface area contributed by atoms with Crippen molar-refractivity contribution in [2.45, 2.75) is 38.6 Å². The van der Waals surface area contributed by atoms with Crippen molar-refractivity contribution in [3.63, 3.8) is 0 Å². The van der Waals surface area contributed by atoms with Gasteiger partial charge < -0.3 is 9.80 Å². The van der Waals surface area contributed by atoms with E-state index in [0.717, 1.165) is 65.0 Å². The quantitative estimate of drug-likeness (QED) is 0.776. The molecule has 106 valence electrons. The highest BCUT2D eigenvalue weighted by Crippen LogP contribution is 2.14. The smallest absolute Gasteiger partial charge is 0.320 e. The van der Waals surface area contributed by atoms with Gasteiger partial charge in [0.05, 0.1) is 12.1 Å². The van der Waals surface area contributed by atoms with Gasteiger partial charge in [-0.2, -0.15) is 5.26 Å². The Balaban J connectivity index is 1.81. The third kappa shape index (κ3) is 3.38. The second-order valence-corrected chi connectivity index (χ2v) is 5.43. The van der Waals surface area contributed by atoms with Gasteiger partial charge in [0.25, 0.3) is 0 Å². The lowest BCUT2D eigenvalue weighted by atomic mass is 10.1. The van der Waals surface area contributed by atoms with Crippen LogP contribution in [0.25, 0.3) is 0 Å². The Morgan fingerprint density at radius 3 is 2.21 bits per heavy atom. The van der Waals surface area contributed by atoms with E-state index in [1.165, 1.54) is 0 Å². The van der Waals surface area contributed by atoms with Crippen LogP contribution in [0.1, 0.15) is 32.6 Å². The van der Waals surface area contributed by atoms with Crippen molar-refractivity contribution in [3.05, 3.63) is 0 Å². The molecular weight excluding hydrogens is 240 g/mol. The molecule has 0 aromatic heterocycles. The molecule has 0 spiro atoms. The maximum atomic E-state index is 12.2. The normalized spacial score (nSPS) is 22.3. The summed E-state index contributed by atoms with van der Waals surface area (Å²) in [5.41, 5.74) is 0. The Morgan fingerprint density at radius 1 is 1.11 bits per heavy atom. The fourth-order valence-corrected chi connectivity index (χ4v) is 2.94. The number of carbonyl (C=O) groups is 1. The van der Waals surface area contributed by atoms with E-state index in [-0.39, 0.29) is 12.1 Å². The van der Waals surface area contributed by atoms with Gasteiger partial charge in [0, 0.05) is 39.3 Å². The van der Waals surface area contributed by atoms with Crippen molar-refractivity contribution in [3.8, 4) is 6.07 Å². The van der Waals surface area contributed by atoms with Crippen molar-refractivity contribution < 1.29 is 4.79 Å². The van der Waals surface area contributed by atoms with Gasteiger partial charge in [-0.1, -0.05) is 13.3 Å². The summed E-state index contributed by atoms with van der Waals surface area (Å²) in [4.78, 5) is 18.4. The molecule has 0 aromatic carbocycles. The van der Waals surface area contributed by atoms with Gasteiger partial charge in [0.1, 0.15) is 0 Å². The minimum Gasteiger partial charge on any atom is -0.325 e. The van der Waals surface area contributed by atoms with E-state index in [0.29, 0.717) is 0 Å². The first-order valence-electron chi connectivity index (χ1n) is 7.43. The van der Waals surface area contributed by atoms with Crippen LogP contribution in [0, 0.1) is 11.3 Å². The number of urea groups is 1. The fraction of sp³-hybridized carbons (Fsp3) is 0.857. The zero-order chi connectivity index (χ0) is 13.7. The highest BCUT2D eigenvalue weighted by atomic mass is 16.2. The Morgan fingerprint density at radius 2 is 1.68 bits per heavy atom. The van der Waals surface area contributed by atoms with E-state index in [2.05, 4.69) is 17.9 Å². The number of hydrogen-bond donors (Lipinski definition) is 0. The van der Waals surface area contributed by atoms with E-state index in [1.807, 2.05) is 9.80 Å². The van der Waals surface area contributed by atoms with E-state index in [4.69, 9.17) is 0 Å². The first-order valence-corrected chi connectivity index (χ1v) is 7.43. The van der Waals surface area contributed by atoms with E-state index in [9.17, 15) is 10.1 Å². The van der Waals surface area contributed by atoms with Crippen LogP contribution in [0.5, 0.6) is 0 Å². The Hall–Kier alpha value is -1.28. The molecule has 2 amide bonds. The average Bonchev–Trinajstić information content (AvgIpc) is 2.98. The number of rotatable bonds is 3. The largest absolute Gasteiger partial charge is 0.325 e. The summed E-state index contributed by atoms with van der Waals surface area (Å²) >= 11 is 0. The summed E-state index contributed by atoms with van der Waals surface area (Å²) in [6.07, 6.45) is 4.24. The number of amides is 2. The third-order valence-corrected chi connectivity index (χ3v) is 4.11. The fourth-order valence-electron chi connectivity index (χ4n) is 2.94. The molecule has 2 heterocycles. The molecule has 2 rings (SSSR count). The molecule has 2 fully saturated rings. The summed E-state index contributed by atoms with van der Waals surface area (Å²) in [5, 5.41) is 9.18. The molecule has 2 aliphatic rings. The molecule has 0 saturated carbocycles. The van der Waals surface area contributed by atoms with Crippen LogP contribution in [0.2, 0.25) is 0 Å². The Bertz CT molecular complexity index is 338. The Kier molecular flexibility index (Phi) is 5.03. The van der Waals surface area contributed by atoms with Crippen molar-refractivity contribution in [2.24, 2.45) is 0 Å². The molecule has 0 N–H and O–H groups in total. The summed E-state index contributed by atoms with van der Waals surface area (Å²) in [5.74, 6) is 0. The van der Waals surface area contributed by atoms with Crippen LogP contribution in [0.15, 0.2) is 0 Å². The maximum absolute atomic E-state index is 12.2. The van der Waals surface area contributed by atoms with Crippen LogP contribution in [-0.4, -0.2) is 66.0 Å². The molecule has 0 aliphatic carbocycles. The highest BCUT2D eigenvalue weighted by Gasteiger charge is 2.29. The van der Waals surface area contributed by atoms with Crippen molar-refractivity contribution in [2.75, 3.05) is 39.3 Å². The molecule has 5 nitrogen and oxygen atoms in total. The first kappa shape index (κ1) is 14.1. The number of nitrogens with zero attached hydrogens (tertiary/aromatic N) is 4. The summed E-state index contributed by atoms with van der Waals surface area (Å²) in [6.45, 7) is 7.12. The predicted molar refractivity (Wildman–Crippen MR) is 73.7 cm³/mol. The summed E-state index contributed by atoms with van der Waals surface area (Å²) < 4.78 is 0. The molecule has 0 radical (unpaired) electrons. The predicted octanol–water partition coefficient (Wildman–Crippen LogP) is 1.51. The van der Waals surface area contributed by atoms with Gasteiger partial charge in [0.15, 0.2) is 0 Å². The Labute approximate surface area is 115 Å². The van der Waals surface area contributed by atoms with Crippen molar-refractivity contribution in [1.29, 1.82) is 5.26 Å². The molecule has 19 heavy (non-hydrogen) atoms. The van der Waals surface area contributed by atoms with Crippen molar-refractivity contribution >= 4 is 6.03 Å². The second kappa shape index (κ2) is 6.76. The molecule has 0 aromatic rings. The maximum Gasteiger partial charge on any atom is 0.320 e. The zero-order valence-corrected chi connectivity index (χ0v) is 11.8. The number of carbonyl (C=O) groups excluding carboxylic acids is 1. The summed E-state index contributed by atoms with van der Waals surface area (Å²) in [6, 6.07) is 2.60. The van der Waals surface area contributed by atoms with Crippen LogP contribution in [-0.2, 0) is 0 Å². The molecule has 2 aliphatic heterocycles. The number of nitriles is 1. The van der Waals surface area contributed by atoms with Gasteiger partial charge in [-0.15, -0.1) is 0 Å². The van der Waals surface area contributed by atoms with Crippen molar-refractivity contribution in [1.82, 2.24) is 14.7 Å². The number of piperazine rings is 1. The zero-order valence-electron chi connectivity index (χ0n) is 11.8. The molecule has 0 bridgehead atoms. The minimum atomic E-state index is 0.0223. The SMILES string of the molecule is CCCC(C#N)N1CCN(C(=O)N2CCCC2)CC1. The van der Waals surface area contributed by atoms with Gasteiger partial charge >= 0.3 is 6.03 Å². The number of likely N-dealkylation sites (tertiary alicyclic amines) is 1. The topological polar surface area (TPSA) is 50.6 Å². The molecule has 1 unspecified atom stereocenters. The lowest BCUT2D eigenvalue weighted by molar-refractivity contribution is 0.105. The van der Waals surface area contributed by atoms with Crippen LogP contribution in [0.4, 0.5) is 4.79 Å². The highest BCUT2D eigenvalue weighted by molar-refractivity contribution is 5.74. The van der Waals surface area contributed by atoms with Gasteiger partial charge in [-0.3, -0.25) is 4.90 Å². The monoisotopic (exact) mass is 264 g/mol. The van der Waals surface area contributed by atoms with Gasteiger partial charge in [-0.25, -0.2) is 4.79 Å². The first-order chi connectivity index (χ1) is 9.26. The van der Waals surface area contributed by atoms with Gasteiger partial charge in [0.2, 0.25) is 0 Å². The lowest BCUT2D eigenvalue weighted by Crippen LogP contribution is -2.54. The van der Waals surface area contributed by atoms with E-state index in [1.54, 1.807) is 0 Å². The van der Waals surface area contributed by atoms with Crippen LogP contribution < -0.4 is 0 Å². The third-order valence-electron chi connectivity index (χ3n) is 4.11. The molecule has 2 saturated heterocycles. The van der Waals surface area contributed by atoms with Crippen LogP contribution >= 0.6 is 0 Å². The standard InChI is InChI=1S/C14H24N4O/c1-2-5-13(12-15)16-8-10-18(11-9-16)14(19)17-6-3-4-7-17/h13H,2-11H2,1H3. The lowest BCUT2D eigenvalue weighted by Gasteiger charge is -2.38. The molecule has 1 atom stereocenters. The van der Waals surface area contributed by atoms with E-state index < -0.39 is 0 Å². The summed E-state index contributed by atoms with van der Waals surface area (Å²) in [7, 11) is 0. The minimum absolute atomic E-state index is 0.0223. The molecular formula is C14H24N4O. The molecule has 5 heteroatoms. The van der Waals surface area contributed by atoms with E-state index >= 15 is 0 Å². The van der Waals surface area contributed by atoms with Gasteiger partial charge in [-0.05, 0) is 19.3 Å². The average molecular weight is 264 g/mol.